The monoisotopic (exact) mass is 418 g/mol. The highest BCUT2D eigenvalue weighted by atomic mass is 32.1. The number of methoxy groups -OCH3 is 1. The van der Waals surface area contributed by atoms with Crippen LogP contribution in [0.15, 0.2) is 24.3 Å². The van der Waals surface area contributed by atoms with Crippen molar-refractivity contribution in [2.24, 2.45) is 0 Å². The van der Waals surface area contributed by atoms with Gasteiger partial charge in [-0.1, -0.05) is 13.0 Å². The molecule has 0 saturated heterocycles. The normalized spacial score (nSPS) is 13.5. The van der Waals surface area contributed by atoms with Crippen molar-refractivity contribution >= 4 is 28.2 Å². The van der Waals surface area contributed by atoms with E-state index in [0.717, 1.165) is 36.5 Å². The second-order valence-corrected chi connectivity index (χ2v) is 7.67. The van der Waals surface area contributed by atoms with E-state index in [2.05, 4.69) is 17.1 Å². The zero-order chi connectivity index (χ0) is 20.8. The maximum atomic E-state index is 12.6. The van der Waals surface area contributed by atoms with E-state index in [4.69, 9.17) is 14.2 Å². The summed E-state index contributed by atoms with van der Waals surface area (Å²) in [6, 6.07) is 7.05. The van der Waals surface area contributed by atoms with Crippen LogP contribution in [-0.4, -0.2) is 50.2 Å². The average Bonchev–Trinajstić information content (AvgIpc) is 3.09. The van der Waals surface area contributed by atoms with Crippen molar-refractivity contribution in [3.8, 4) is 11.5 Å². The van der Waals surface area contributed by atoms with Crippen LogP contribution in [0.25, 0.3) is 0 Å². The maximum Gasteiger partial charge on any atom is 0.341 e. The van der Waals surface area contributed by atoms with Gasteiger partial charge in [0.25, 0.3) is 5.91 Å². The molecule has 1 aliphatic rings. The van der Waals surface area contributed by atoms with E-state index in [1.54, 1.807) is 38.3 Å². The molecule has 2 aromatic rings. The van der Waals surface area contributed by atoms with E-state index in [1.807, 2.05) is 0 Å². The fourth-order valence-corrected chi connectivity index (χ4v) is 4.53. The fourth-order valence-electron chi connectivity index (χ4n) is 3.24. The lowest BCUT2D eigenvalue weighted by atomic mass is 10.0. The van der Waals surface area contributed by atoms with Crippen LogP contribution in [0.4, 0.5) is 5.00 Å². The number of nitrogens with zero attached hydrogens (tertiary/aromatic N) is 1. The van der Waals surface area contributed by atoms with E-state index in [0.29, 0.717) is 22.1 Å². The van der Waals surface area contributed by atoms with Gasteiger partial charge < -0.3 is 19.5 Å². The summed E-state index contributed by atoms with van der Waals surface area (Å²) in [6.45, 7) is 6.62. The van der Waals surface area contributed by atoms with Gasteiger partial charge in [-0.05, 0) is 37.6 Å². The molecule has 1 aromatic heterocycles. The second-order valence-electron chi connectivity index (χ2n) is 6.56. The number of thiophene rings is 1. The van der Waals surface area contributed by atoms with Crippen LogP contribution in [0.3, 0.4) is 0 Å². The number of benzene rings is 1. The molecule has 0 unspecified atom stereocenters. The highest BCUT2D eigenvalue weighted by Crippen LogP contribution is 2.37. The molecule has 0 saturated carbocycles. The summed E-state index contributed by atoms with van der Waals surface area (Å²) in [5.41, 5.74) is 1.47. The summed E-state index contributed by atoms with van der Waals surface area (Å²) in [5, 5.41) is 3.38. The predicted molar refractivity (Wildman–Crippen MR) is 112 cm³/mol. The quantitative estimate of drug-likeness (QED) is 0.663. The zero-order valence-corrected chi connectivity index (χ0v) is 17.8. The molecule has 0 spiro atoms. The molecule has 1 N–H and O–H groups in total. The van der Waals surface area contributed by atoms with Crippen molar-refractivity contribution in [2.45, 2.75) is 26.8 Å². The van der Waals surface area contributed by atoms with E-state index in [9.17, 15) is 9.59 Å². The Balaban J connectivity index is 1.74. The fraction of sp³-hybridized carbons (Fsp3) is 0.429. The highest BCUT2D eigenvalue weighted by Gasteiger charge is 2.29. The molecular weight excluding hydrogens is 392 g/mol. The number of hydrogen-bond donors (Lipinski definition) is 1. The lowest BCUT2D eigenvalue weighted by Crippen LogP contribution is -2.30. The second kappa shape index (κ2) is 9.76. The molecule has 0 bridgehead atoms. The summed E-state index contributed by atoms with van der Waals surface area (Å²) in [7, 11) is 1.57. The van der Waals surface area contributed by atoms with Crippen LogP contribution >= 0.6 is 11.3 Å². The van der Waals surface area contributed by atoms with Gasteiger partial charge >= 0.3 is 5.97 Å². The van der Waals surface area contributed by atoms with Gasteiger partial charge in [0.05, 0.1) is 19.3 Å². The maximum absolute atomic E-state index is 12.6. The minimum absolute atomic E-state index is 0.168. The van der Waals surface area contributed by atoms with E-state index < -0.39 is 0 Å². The third kappa shape index (κ3) is 5.07. The van der Waals surface area contributed by atoms with Crippen molar-refractivity contribution < 1.29 is 23.8 Å². The van der Waals surface area contributed by atoms with Gasteiger partial charge in [-0.2, -0.15) is 0 Å². The molecule has 156 valence electrons. The minimum atomic E-state index is -0.390. The molecule has 0 fully saturated rings. The van der Waals surface area contributed by atoms with Crippen molar-refractivity contribution in [3.63, 3.8) is 0 Å². The summed E-state index contributed by atoms with van der Waals surface area (Å²) < 4.78 is 15.9. The van der Waals surface area contributed by atoms with E-state index in [-0.39, 0.29) is 25.1 Å². The largest absolute Gasteiger partial charge is 0.497 e. The summed E-state index contributed by atoms with van der Waals surface area (Å²) >= 11 is 1.44. The van der Waals surface area contributed by atoms with Gasteiger partial charge in [0.1, 0.15) is 16.5 Å². The number of rotatable bonds is 8. The molecule has 8 heteroatoms. The van der Waals surface area contributed by atoms with Crippen molar-refractivity contribution in [3.05, 3.63) is 40.3 Å². The van der Waals surface area contributed by atoms with Crippen LogP contribution in [0, 0.1) is 0 Å². The third-order valence-electron chi connectivity index (χ3n) is 4.73. The first kappa shape index (κ1) is 21.1. The first-order valence-corrected chi connectivity index (χ1v) is 10.5. The smallest absolute Gasteiger partial charge is 0.341 e. The van der Waals surface area contributed by atoms with Gasteiger partial charge in [0.15, 0.2) is 6.61 Å². The van der Waals surface area contributed by atoms with E-state index in [1.165, 1.54) is 11.3 Å². The highest BCUT2D eigenvalue weighted by molar-refractivity contribution is 7.17. The Bertz CT molecular complexity index is 880. The number of carbonyl (C=O) groups is 2. The molecule has 0 aliphatic carbocycles. The molecular formula is C21H26N2O5S. The lowest BCUT2D eigenvalue weighted by Gasteiger charge is -2.25. The average molecular weight is 419 g/mol. The minimum Gasteiger partial charge on any atom is -0.497 e. The number of carbonyl (C=O) groups excluding carboxylic acids is 2. The summed E-state index contributed by atoms with van der Waals surface area (Å²) in [4.78, 5) is 28.5. The van der Waals surface area contributed by atoms with Crippen molar-refractivity contribution in [2.75, 3.05) is 38.7 Å². The van der Waals surface area contributed by atoms with Crippen LogP contribution < -0.4 is 14.8 Å². The topological polar surface area (TPSA) is 77.1 Å². The number of esters is 1. The number of anilines is 1. The van der Waals surface area contributed by atoms with Gasteiger partial charge in [0, 0.05) is 24.0 Å². The van der Waals surface area contributed by atoms with Crippen LogP contribution in [0.2, 0.25) is 0 Å². The number of nitrogens with one attached hydrogen (secondary N) is 1. The first-order valence-electron chi connectivity index (χ1n) is 9.66. The van der Waals surface area contributed by atoms with Crippen molar-refractivity contribution in [1.82, 2.24) is 4.90 Å². The Kier molecular flexibility index (Phi) is 7.11. The van der Waals surface area contributed by atoms with Crippen molar-refractivity contribution in [1.29, 1.82) is 0 Å². The number of amides is 1. The SMILES string of the molecule is CCOC(=O)c1c(NC(=O)COc2cccc(OC)c2)sc2c1CCN(CC)C2. The van der Waals surface area contributed by atoms with Gasteiger partial charge in [-0.3, -0.25) is 9.69 Å². The molecule has 1 aromatic carbocycles. The number of likely N-dealkylation sites (N-methyl/N-ethyl adjacent to an activating group) is 1. The zero-order valence-electron chi connectivity index (χ0n) is 16.9. The molecule has 1 aliphatic heterocycles. The number of ether oxygens (including phenoxy) is 3. The Morgan fingerprint density at radius 1 is 1.24 bits per heavy atom. The van der Waals surface area contributed by atoms with Gasteiger partial charge in [-0.15, -0.1) is 11.3 Å². The molecule has 2 heterocycles. The molecule has 3 rings (SSSR count). The third-order valence-corrected chi connectivity index (χ3v) is 5.86. The number of fused-ring (bicyclic) bond motifs is 1. The van der Waals surface area contributed by atoms with Gasteiger partial charge in [-0.25, -0.2) is 4.79 Å². The Hall–Kier alpha value is -2.58. The summed E-state index contributed by atoms with van der Waals surface area (Å²) in [6.07, 6.45) is 0.768. The Morgan fingerprint density at radius 2 is 2.03 bits per heavy atom. The number of hydrogen-bond acceptors (Lipinski definition) is 7. The lowest BCUT2D eigenvalue weighted by molar-refractivity contribution is -0.118. The molecule has 1 amide bonds. The van der Waals surface area contributed by atoms with E-state index >= 15 is 0 Å². The van der Waals surface area contributed by atoms with Crippen LogP contribution in [0.5, 0.6) is 11.5 Å². The molecule has 29 heavy (non-hydrogen) atoms. The molecule has 0 radical (unpaired) electrons. The standard InChI is InChI=1S/C21H26N2O5S/c1-4-23-10-9-16-17(12-23)29-20(19(16)21(25)27-5-2)22-18(24)13-28-15-8-6-7-14(11-15)26-3/h6-8,11H,4-5,9-10,12-13H2,1-3H3,(H,22,24). The Morgan fingerprint density at radius 3 is 2.76 bits per heavy atom. The Labute approximate surface area is 174 Å². The van der Waals surface area contributed by atoms with Crippen LogP contribution in [0.1, 0.15) is 34.6 Å². The predicted octanol–water partition coefficient (Wildman–Crippen LogP) is 3.33. The molecule has 0 atom stereocenters. The summed E-state index contributed by atoms with van der Waals surface area (Å²) in [5.74, 6) is 0.469. The molecule has 7 nitrogen and oxygen atoms in total. The van der Waals surface area contributed by atoms with Crippen LogP contribution in [-0.2, 0) is 22.5 Å². The van der Waals surface area contributed by atoms with Gasteiger partial charge in [0.2, 0.25) is 0 Å². The first-order chi connectivity index (χ1) is 14.0.